The summed E-state index contributed by atoms with van der Waals surface area (Å²) in [6.07, 6.45) is 2.76. The van der Waals surface area contributed by atoms with E-state index >= 15 is 0 Å². The second-order valence-electron chi connectivity index (χ2n) is 6.30. The monoisotopic (exact) mass is 376 g/mol. The molecule has 0 bridgehead atoms. The zero-order valence-electron chi connectivity index (χ0n) is 14.3. The van der Waals surface area contributed by atoms with Crippen LogP contribution in [0.2, 0.25) is 0 Å². The summed E-state index contributed by atoms with van der Waals surface area (Å²) in [6.45, 7) is 0.683. The summed E-state index contributed by atoms with van der Waals surface area (Å²) in [5.74, 6) is 0. The molecule has 0 aliphatic carbocycles. The molecule has 8 heteroatoms. The molecule has 2 aromatic carbocycles. The van der Waals surface area contributed by atoms with E-state index < -0.39 is 20.4 Å². The molecule has 2 atom stereocenters. The molecule has 0 spiro atoms. The van der Waals surface area contributed by atoms with Gasteiger partial charge in [0, 0.05) is 24.6 Å². The maximum atomic E-state index is 11.8. The van der Waals surface area contributed by atoms with Crippen LogP contribution in [0.1, 0.15) is 24.4 Å². The largest absolute Gasteiger partial charge is 0.376 e. The Morgan fingerprint density at radius 3 is 2.54 bits per heavy atom. The fourth-order valence-corrected chi connectivity index (χ4v) is 3.99. The first kappa shape index (κ1) is 18.3. The van der Waals surface area contributed by atoms with Crippen LogP contribution in [0.25, 0.3) is 0 Å². The number of nitro benzene ring substituents is 1. The molecule has 7 nitrogen and oxygen atoms in total. The highest BCUT2D eigenvalue weighted by molar-refractivity contribution is 7.90. The number of ether oxygens (including phenoxy) is 1. The number of hydrogen-bond acceptors (Lipinski definition) is 6. The molecule has 0 radical (unpaired) electrons. The van der Waals surface area contributed by atoms with Gasteiger partial charge in [0.2, 0.25) is 0 Å². The summed E-state index contributed by atoms with van der Waals surface area (Å²) < 4.78 is 29.4. The molecule has 26 heavy (non-hydrogen) atoms. The van der Waals surface area contributed by atoms with Crippen molar-refractivity contribution in [2.75, 3.05) is 18.2 Å². The highest BCUT2D eigenvalue weighted by Gasteiger charge is 2.29. The van der Waals surface area contributed by atoms with Crippen LogP contribution in [-0.2, 0) is 14.6 Å². The van der Waals surface area contributed by atoms with E-state index in [1.807, 2.05) is 30.3 Å². The van der Waals surface area contributed by atoms with Crippen molar-refractivity contribution in [3.63, 3.8) is 0 Å². The molecule has 138 valence electrons. The lowest BCUT2D eigenvalue weighted by Crippen LogP contribution is -2.25. The van der Waals surface area contributed by atoms with Gasteiger partial charge in [0.15, 0.2) is 9.84 Å². The topological polar surface area (TPSA) is 98.5 Å². The summed E-state index contributed by atoms with van der Waals surface area (Å²) in [7, 11) is -3.69. The number of nitro groups is 1. The number of anilines is 1. The van der Waals surface area contributed by atoms with E-state index in [2.05, 4.69) is 5.32 Å². The molecule has 0 amide bonds. The van der Waals surface area contributed by atoms with E-state index in [0.717, 1.165) is 24.7 Å². The summed E-state index contributed by atoms with van der Waals surface area (Å²) in [5, 5.41) is 14.6. The van der Waals surface area contributed by atoms with Gasteiger partial charge >= 0.3 is 0 Å². The number of nitrogens with one attached hydrogen (secondary N) is 1. The molecule has 1 heterocycles. The fourth-order valence-electron chi connectivity index (χ4n) is 3.16. The number of nitrogens with zero attached hydrogens (tertiary/aromatic N) is 1. The lowest BCUT2D eigenvalue weighted by Gasteiger charge is -2.26. The molecule has 3 rings (SSSR count). The van der Waals surface area contributed by atoms with Gasteiger partial charge in [-0.1, -0.05) is 30.3 Å². The van der Waals surface area contributed by atoms with Crippen molar-refractivity contribution in [2.45, 2.75) is 29.9 Å². The Hall–Kier alpha value is -2.45. The third-order valence-corrected chi connectivity index (χ3v) is 5.52. The molecule has 1 aliphatic heterocycles. The minimum Gasteiger partial charge on any atom is -0.376 e. The van der Waals surface area contributed by atoms with Crippen LogP contribution in [0.15, 0.2) is 53.4 Å². The first-order valence-corrected chi connectivity index (χ1v) is 10.2. The molecule has 2 aromatic rings. The summed E-state index contributed by atoms with van der Waals surface area (Å²) in [4.78, 5) is 10.4. The second-order valence-corrected chi connectivity index (χ2v) is 8.28. The maximum Gasteiger partial charge on any atom is 0.290 e. The Bertz CT molecular complexity index is 893. The predicted octanol–water partition coefficient (Wildman–Crippen LogP) is 3.33. The van der Waals surface area contributed by atoms with Crippen molar-refractivity contribution in [1.82, 2.24) is 0 Å². The second kappa shape index (κ2) is 7.43. The van der Waals surface area contributed by atoms with Crippen LogP contribution in [0.5, 0.6) is 0 Å². The van der Waals surface area contributed by atoms with Gasteiger partial charge < -0.3 is 10.1 Å². The van der Waals surface area contributed by atoms with Gasteiger partial charge in [-0.3, -0.25) is 10.1 Å². The van der Waals surface area contributed by atoms with Gasteiger partial charge in [0.1, 0.15) is 4.90 Å². The van der Waals surface area contributed by atoms with Gasteiger partial charge in [0.25, 0.3) is 5.69 Å². The Balaban J connectivity index is 1.96. The van der Waals surface area contributed by atoms with Crippen LogP contribution >= 0.6 is 0 Å². The molecule has 0 unspecified atom stereocenters. The van der Waals surface area contributed by atoms with E-state index in [9.17, 15) is 18.5 Å². The molecule has 1 aliphatic rings. The average Bonchev–Trinajstić information content (AvgIpc) is 3.13. The highest BCUT2D eigenvalue weighted by Crippen LogP contribution is 2.33. The SMILES string of the molecule is CS(=O)(=O)c1ccc(N[C@@H](c2ccccc2)[C@H]2CCCO2)cc1[N+](=O)[O-]. The van der Waals surface area contributed by atoms with Crippen LogP contribution in [0.3, 0.4) is 0 Å². The van der Waals surface area contributed by atoms with Gasteiger partial charge in [-0.25, -0.2) is 8.42 Å². The lowest BCUT2D eigenvalue weighted by molar-refractivity contribution is -0.387. The number of sulfone groups is 1. The van der Waals surface area contributed by atoms with Crippen LogP contribution < -0.4 is 5.32 Å². The summed E-state index contributed by atoms with van der Waals surface area (Å²) >= 11 is 0. The smallest absolute Gasteiger partial charge is 0.290 e. The normalized spacial score (nSPS) is 18.4. The van der Waals surface area contributed by atoms with Crippen molar-refractivity contribution in [2.24, 2.45) is 0 Å². The molecule has 1 saturated heterocycles. The Morgan fingerprint density at radius 2 is 1.96 bits per heavy atom. The molecule has 1 fully saturated rings. The predicted molar refractivity (Wildman–Crippen MR) is 98.0 cm³/mol. The lowest BCUT2D eigenvalue weighted by atomic mass is 9.99. The summed E-state index contributed by atoms with van der Waals surface area (Å²) in [5.41, 5.74) is 1.05. The molecule has 0 saturated carbocycles. The minimum atomic E-state index is -3.69. The number of hydrogen-bond donors (Lipinski definition) is 1. The van der Waals surface area contributed by atoms with Crippen molar-refractivity contribution in [3.8, 4) is 0 Å². The van der Waals surface area contributed by atoms with E-state index in [1.54, 1.807) is 6.07 Å². The van der Waals surface area contributed by atoms with E-state index in [0.29, 0.717) is 12.3 Å². The highest BCUT2D eigenvalue weighted by atomic mass is 32.2. The van der Waals surface area contributed by atoms with Crippen molar-refractivity contribution in [3.05, 3.63) is 64.2 Å². The van der Waals surface area contributed by atoms with Gasteiger partial charge in [-0.05, 0) is 30.5 Å². The van der Waals surface area contributed by atoms with E-state index in [-0.39, 0.29) is 17.0 Å². The quantitative estimate of drug-likeness (QED) is 0.613. The van der Waals surface area contributed by atoms with Gasteiger partial charge in [0.05, 0.1) is 17.1 Å². The zero-order valence-corrected chi connectivity index (χ0v) is 15.1. The minimum absolute atomic E-state index is 0.0500. The third-order valence-electron chi connectivity index (χ3n) is 4.37. The van der Waals surface area contributed by atoms with Gasteiger partial charge in [-0.15, -0.1) is 0 Å². The van der Waals surface area contributed by atoms with Gasteiger partial charge in [-0.2, -0.15) is 0 Å². The van der Waals surface area contributed by atoms with Crippen molar-refractivity contribution < 1.29 is 18.1 Å². The Labute approximate surface area is 152 Å². The van der Waals surface area contributed by atoms with Crippen LogP contribution in [-0.4, -0.2) is 32.3 Å². The number of rotatable bonds is 6. The third kappa shape index (κ3) is 4.03. The number of benzene rings is 2. The fraction of sp³-hybridized carbons (Fsp3) is 0.333. The standard InChI is InChI=1S/C18H20N2O5S/c1-26(23,24)17-10-9-14(12-15(17)20(21)22)19-18(16-8-5-11-25-16)13-6-3-2-4-7-13/h2-4,6-7,9-10,12,16,18-19H,5,8,11H2,1H3/t16-,18+/m1/s1. The average molecular weight is 376 g/mol. The Morgan fingerprint density at radius 1 is 1.23 bits per heavy atom. The van der Waals surface area contributed by atoms with E-state index in [4.69, 9.17) is 4.74 Å². The van der Waals surface area contributed by atoms with Crippen LogP contribution in [0.4, 0.5) is 11.4 Å². The zero-order chi connectivity index (χ0) is 18.7. The first-order valence-electron chi connectivity index (χ1n) is 8.28. The molecular weight excluding hydrogens is 356 g/mol. The Kier molecular flexibility index (Phi) is 5.24. The van der Waals surface area contributed by atoms with Crippen molar-refractivity contribution >= 4 is 21.2 Å². The molecule has 0 aromatic heterocycles. The maximum absolute atomic E-state index is 11.8. The first-order chi connectivity index (χ1) is 12.4. The van der Waals surface area contributed by atoms with Crippen LogP contribution in [0, 0.1) is 10.1 Å². The summed E-state index contributed by atoms with van der Waals surface area (Å²) in [6, 6.07) is 13.6. The molecule has 1 N–H and O–H groups in total. The van der Waals surface area contributed by atoms with E-state index in [1.165, 1.54) is 12.1 Å². The molecular formula is C18H20N2O5S. The van der Waals surface area contributed by atoms with Crippen molar-refractivity contribution in [1.29, 1.82) is 0 Å².